The number of rotatable bonds is 8. The minimum Gasteiger partial charge on any atom is -0.384 e. The largest absolute Gasteiger partial charge is 0.384 e. The summed E-state index contributed by atoms with van der Waals surface area (Å²) in [6, 6.07) is 5.44. The summed E-state index contributed by atoms with van der Waals surface area (Å²) in [5.41, 5.74) is 1.52. The molecule has 112 valence electrons. The van der Waals surface area contributed by atoms with Crippen LogP contribution in [0.1, 0.15) is 49.9 Å². The Morgan fingerprint density at radius 1 is 1.25 bits per heavy atom. The van der Waals surface area contributed by atoms with Gasteiger partial charge in [0.1, 0.15) is 0 Å². The maximum atomic E-state index is 12.5. The average molecular weight is 297 g/mol. The Kier molecular flexibility index (Phi) is 7.45. The van der Waals surface area contributed by atoms with Gasteiger partial charge in [-0.15, -0.1) is 0 Å². The van der Waals surface area contributed by atoms with Gasteiger partial charge in [-0.1, -0.05) is 38.3 Å². The molecule has 0 atom stereocenters. The van der Waals surface area contributed by atoms with E-state index in [1.54, 1.807) is 11.0 Å². The molecule has 0 fully saturated rings. The topological polar surface area (TPSA) is 32.3 Å². The van der Waals surface area contributed by atoms with Gasteiger partial charge in [-0.25, -0.2) is 0 Å². The second kappa shape index (κ2) is 8.85. The number of benzene rings is 1. The summed E-state index contributed by atoms with van der Waals surface area (Å²) in [6.45, 7) is 5.89. The molecule has 0 saturated heterocycles. The van der Waals surface area contributed by atoms with E-state index in [1.165, 1.54) is 0 Å². The fourth-order valence-corrected chi connectivity index (χ4v) is 2.19. The molecule has 1 rings (SSSR count). The van der Waals surface area contributed by atoms with Crippen LogP contribution in [0.25, 0.3) is 0 Å². The number of hydrogen-bond acceptors (Lipinski definition) is 2. The summed E-state index contributed by atoms with van der Waals surface area (Å²) in [4.78, 5) is 14.3. The van der Waals surface area contributed by atoms with Crippen LogP contribution in [0.2, 0.25) is 5.02 Å². The number of anilines is 1. The highest BCUT2D eigenvalue weighted by Crippen LogP contribution is 2.22. The zero-order chi connectivity index (χ0) is 15.0. The summed E-state index contributed by atoms with van der Waals surface area (Å²) < 4.78 is 0. The van der Waals surface area contributed by atoms with E-state index in [0.29, 0.717) is 10.6 Å². The van der Waals surface area contributed by atoms with Gasteiger partial charge in [0.2, 0.25) is 0 Å². The Hall–Kier alpha value is -1.22. The molecule has 20 heavy (non-hydrogen) atoms. The lowest BCUT2D eigenvalue weighted by molar-refractivity contribution is 0.0793. The quantitative estimate of drug-likeness (QED) is 0.720. The fourth-order valence-electron chi connectivity index (χ4n) is 2.01. The lowest BCUT2D eigenvalue weighted by Crippen LogP contribution is -2.28. The van der Waals surface area contributed by atoms with Crippen molar-refractivity contribution in [1.82, 2.24) is 4.90 Å². The van der Waals surface area contributed by atoms with E-state index in [-0.39, 0.29) is 5.91 Å². The first-order valence-corrected chi connectivity index (χ1v) is 7.76. The Morgan fingerprint density at radius 3 is 2.65 bits per heavy atom. The van der Waals surface area contributed by atoms with Crippen molar-refractivity contribution >= 4 is 23.2 Å². The molecular formula is C16H25ClN2O. The van der Waals surface area contributed by atoms with E-state index in [1.807, 2.05) is 19.2 Å². The SMILES string of the molecule is CCCCCN(C)C(=O)c1cc(Cl)ccc1NCCC. The lowest BCUT2D eigenvalue weighted by atomic mass is 10.1. The summed E-state index contributed by atoms with van der Waals surface area (Å²) in [7, 11) is 1.85. The zero-order valence-corrected chi connectivity index (χ0v) is 13.5. The normalized spacial score (nSPS) is 10.4. The Bertz CT molecular complexity index is 434. The first kappa shape index (κ1) is 16.8. The standard InChI is InChI=1S/C16H25ClN2O/c1-4-6-7-11-19(3)16(20)14-12-13(17)8-9-15(14)18-10-5-2/h8-9,12,18H,4-7,10-11H2,1-3H3. The molecule has 0 bridgehead atoms. The van der Waals surface area contributed by atoms with E-state index < -0.39 is 0 Å². The van der Waals surface area contributed by atoms with Gasteiger partial charge in [-0.2, -0.15) is 0 Å². The number of carbonyl (C=O) groups excluding carboxylic acids is 1. The van der Waals surface area contributed by atoms with Gasteiger partial charge in [0.15, 0.2) is 0 Å². The van der Waals surface area contributed by atoms with Crippen LogP contribution in [-0.2, 0) is 0 Å². The van der Waals surface area contributed by atoms with Crippen LogP contribution in [0.5, 0.6) is 0 Å². The summed E-state index contributed by atoms with van der Waals surface area (Å²) in [6.07, 6.45) is 4.36. The van der Waals surface area contributed by atoms with Crippen molar-refractivity contribution in [3.63, 3.8) is 0 Å². The molecule has 1 aromatic rings. The predicted octanol–water partition coefficient (Wildman–Crippen LogP) is 4.42. The van der Waals surface area contributed by atoms with Gasteiger partial charge >= 0.3 is 0 Å². The molecule has 0 radical (unpaired) electrons. The molecule has 0 aliphatic heterocycles. The predicted molar refractivity (Wildman–Crippen MR) is 86.7 cm³/mol. The van der Waals surface area contributed by atoms with E-state index in [2.05, 4.69) is 19.2 Å². The molecule has 0 aromatic heterocycles. The molecule has 0 aliphatic rings. The minimum absolute atomic E-state index is 0.0298. The molecule has 3 nitrogen and oxygen atoms in total. The first-order chi connectivity index (χ1) is 9.60. The number of amides is 1. The van der Waals surface area contributed by atoms with Crippen LogP contribution in [0.3, 0.4) is 0 Å². The third-order valence-electron chi connectivity index (χ3n) is 3.22. The van der Waals surface area contributed by atoms with Gasteiger partial charge < -0.3 is 10.2 Å². The Balaban J connectivity index is 2.81. The number of unbranched alkanes of at least 4 members (excludes halogenated alkanes) is 2. The Morgan fingerprint density at radius 2 is 2.00 bits per heavy atom. The highest BCUT2D eigenvalue weighted by atomic mass is 35.5. The Labute approximate surface area is 127 Å². The number of nitrogens with zero attached hydrogens (tertiary/aromatic N) is 1. The number of hydrogen-bond donors (Lipinski definition) is 1. The van der Waals surface area contributed by atoms with Crippen molar-refractivity contribution in [3.8, 4) is 0 Å². The van der Waals surface area contributed by atoms with E-state index in [9.17, 15) is 4.79 Å². The number of carbonyl (C=O) groups is 1. The first-order valence-electron chi connectivity index (χ1n) is 7.39. The van der Waals surface area contributed by atoms with Gasteiger partial charge in [0, 0.05) is 30.8 Å². The molecule has 0 spiro atoms. The molecular weight excluding hydrogens is 272 g/mol. The summed E-state index contributed by atoms with van der Waals surface area (Å²) >= 11 is 6.03. The highest BCUT2D eigenvalue weighted by Gasteiger charge is 2.16. The molecule has 1 amide bonds. The average Bonchev–Trinajstić information content (AvgIpc) is 2.45. The summed E-state index contributed by atoms with van der Waals surface area (Å²) in [5.74, 6) is 0.0298. The van der Waals surface area contributed by atoms with Crippen molar-refractivity contribution in [1.29, 1.82) is 0 Å². The molecule has 4 heteroatoms. The smallest absolute Gasteiger partial charge is 0.255 e. The van der Waals surface area contributed by atoms with Crippen molar-refractivity contribution in [3.05, 3.63) is 28.8 Å². The third-order valence-corrected chi connectivity index (χ3v) is 3.46. The van der Waals surface area contributed by atoms with E-state index in [0.717, 1.165) is 44.5 Å². The van der Waals surface area contributed by atoms with E-state index in [4.69, 9.17) is 11.6 Å². The molecule has 0 unspecified atom stereocenters. The highest BCUT2D eigenvalue weighted by molar-refractivity contribution is 6.31. The van der Waals surface area contributed by atoms with Crippen molar-refractivity contribution in [2.24, 2.45) is 0 Å². The van der Waals surface area contributed by atoms with Crippen molar-refractivity contribution < 1.29 is 4.79 Å². The lowest BCUT2D eigenvalue weighted by Gasteiger charge is -2.19. The second-order valence-corrected chi connectivity index (χ2v) is 5.49. The molecule has 0 saturated carbocycles. The summed E-state index contributed by atoms with van der Waals surface area (Å²) in [5, 5.41) is 3.88. The van der Waals surface area contributed by atoms with Crippen molar-refractivity contribution in [2.45, 2.75) is 39.5 Å². The third kappa shape index (κ3) is 5.04. The van der Waals surface area contributed by atoms with Gasteiger partial charge in [0.25, 0.3) is 5.91 Å². The van der Waals surface area contributed by atoms with Crippen LogP contribution in [0, 0.1) is 0 Å². The van der Waals surface area contributed by atoms with Crippen molar-refractivity contribution in [2.75, 3.05) is 25.5 Å². The van der Waals surface area contributed by atoms with Crippen LogP contribution in [0.15, 0.2) is 18.2 Å². The minimum atomic E-state index is 0.0298. The van der Waals surface area contributed by atoms with Crippen LogP contribution < -0.4 is 5.32 Å². The van der Waals surface area contributed by atoms with Crippen LogP contribution in [-0.4, -0.2) is 30.9 Å². The molecule has 0 heterocycles. The second-order valence-electron chi connectivity index (χ2n) is 5.05. The maximum absolute atomic E-state index is 12.5. The van der Waals surface area contributed by atoms with Crippen LogP contribution in [0.4, 0.5) is 5.69 Å². The van der Waals surface area contributed by atoms with Gasteiger partial charge in [-0.3, -0.25) is 4.79 Å². The van der Waals surface area contributed by atoms with Crippen LogP contribution >= 0.6 is 11.6 Å². The molecule has 0 aliphatic carbocycles. The monoisotopic (exact) mass is 296 g/mol. The maximum Gasteiger partial charge on any atom is 0.255 e. The van der Waals surface area contributed by atoms with Gasteiger partial charge in [-0.05, 0) is 31.0 Å². The van der Waals surface area contributed by atoms with E-state index >= 15 is 0 Å². The van der Waals surface area contributed by atoms with Gasteiger partial charge in [0.05, 0.1) is 5.56 Å². The number of nitrogens with one attached hydrogen (secondary N) is 1. The molecule has 1 aromatic carbocycles. The number of halogens is 1. The zero-order valence-electron chi connectivity index (χ0n) is 12.7. The molecule has 1 N–H and O–H groups in total. The fraction of sp³-hybridized carbons (Fsp3) is 0.562.